The summed E-state index contributed by atoms with van der Waals surface area (Å²) >= 11 is 1.79. The second-order valence-electron chi connectivity index (χ2n) is 15.9. The van der Waals surface area contributed by atoms with Gasteiger partial charge >= 0.3 is 0 Å². The summed E-state index contributed by atoms with van der Waals surface area (Å²) in [6, 6.07) is 70.3. The summed E-state index contributed by atoms with van der Waals surface area (Å²) in [5.74, 6) is 0. The molecule has 8 aromatic rings. The molecule has 0 spiro atoms. The van der Waals surface area contributed by atoms with Crippen LogP contribution in [0.25, 0.3) is 16.3 Å². The minimum absolute atomic E-state index is 0.569. The predicted octanol–water partition coefficient (Wildman–Crippen LogP) is 17.1. The van der Waals surface area contributed by atoms with Crippen molar-refractivity contribution in [3.63, 3.8) is 0 Å². The Morgan fingerprint density at radius 3 is 1.48 bits per heavy atom. The topological polar surface area (TPSA) is 6.48 Å². The predicted molar refractivity (Wildman–Crippen MR) is 276 cm³/mol. The molecule has 0 aliphatic heterocycles. The summed E-state index contributed by atoms with van der Waals surface area (Å²) in [5.41, 5.74) is 15.3. The number of nitrogens with zero attached hydrogens (tertiary/aromatic N) is 2. The van der Waals surface area contributed by atoms with Crippen LogP contribution >= 0.6 is 11.8 Å². The Morgan fingerprint density at radius 1 is 0.492 bits per heavy atom. The highest BCUT2D eigenvalue weighted by atomic mass is 32.2. The smallest absolute Gasteiger partial charge is 0.0713 e. The van der Waals surface area contributed by atoms with Gasteiger partial charge in [-0.1, -0.05) is 170 Å². The molecule has 1 aliphatic carbocycles. The third-order valence-corrected chi connectivity index (χ3v) is 13.0. The maximum absolute atomic E-state index is 4.44. The molecular weight excluding hydrogens is 781 g/mol. The molecule has 9 rings (SSSR count). The third kappa shape index (κ3) is 8.33. The number of hydrogen-bond donors (Lipinski definition) is 0. The number of thioether (sulfide) groups is 1. The largest absolute Gasteiger partial charge is 0.310 e. The molecule has 0 heterocycles. The van der Waals surface area contributed by atoms with Crippen LogP contribution in [-0.4, -0.2) is 6.26 Å². The average Bonchev–Trinajstić information content (AvgIpc) is 3.62. The quantitative estimate of drug-likeness (QED) is 0.128. The van der Waals surface area contributed by atoms with Crippen molar-refractivity contribution in [3.05, 3.63) is 269 Å². The lowest BCUT2D eigenvalue weighted by Crippen LogP contribution is -2.29. The molecule has 3 heteroatoms. The molecule has 0 fully saturated rings. The van der Waals surface area contributed by atoms with E-state index in [0.29, 0.717) is 0 Å². The standard InChI is InChI=1S/C55H44N2.C5H10S/c1-5-51-52-38-50(34-35-54(52)55(53(51)6-2,43-29-24-39(3)25-30-43)44-31-26-40(4)27-32-44)57(49-33-28-41-16-13-14-17-42(41)36-49)48-23-15-22-47(37-48)56(45-18-9-7-10-19-45)46-20-11-8-12-21-46;1-4-5(2)6-3/h5-38H,1-2H2,3-4H3;4H,1-3H3/b;5-4+. The maximum atomic E-state index is 4.44. The van der Waals surface area contributed by atoms with Crippen LogP contribution in [0.3, 0.4) is 0 Å². The van der Waals surface area contributed by atoms with E-state index in [1.807, 2.05) is 19.1 Å². The van der Waals surface area contributed by atoms with Gasteiger partial charge in [-0.3, -0.25) is 0 Å². The zero-order valence-corrected chi connectivity index (χ0v) is 37.7. The van der Waals surface area contributed by atoms with E-state index in [1.165, 1.54) is 43.5 Å². The lowest BCUT2D eigenvalue weighted by atomic mass is 9.66. The first-order valence-corrected chi connectivity index (χ1v) is 22.8. The van der Waals surface area contributed by atoms with E-state index < -0.39 is 5.41 Å². The zero-order valence-electron chi connectivity index (χ0n) is 36.9. The summed E-state index contributed by atoms with van der Waals surface area (Å²) in [6.45, 7) is 17.3. The monoisotopic (exact) mass is 834 g/mol. The molecule has 0 saturated carbocycles. The Morgan fingerprint density at radius 2 is 0.968 bits per heavy atom. The van der Waals surface area contributed by atoms with Crippen molar-refractivity contribution in [1.29, 1.82) is 0 Å². The molecular formula is C60H54N2S. The summed E-state index contributed by atoms with van der Waals surface area (Å²) in [6.07, 6.45) is 8.24. The van der Waals surface area contributed by atoms with Crippen molar-refractivity contribution < 1.29 is 0 Å². The number of anilines is 6. The van der Waals surface area contributed by atoms with Crippen LogP contribution < -0.4 is 9.80 Å². The first-order valence-electron chi connectivity index (χ1n) is 21.6. The molecule has 8 aromatic carbocycles. The van der Waals surface area contributed by atoms with E-state index in [1.54, 1.807) is 11.8 Å². The molecule has 1 aliphatic rings. The van der Waals surface area contributed by atoms with Crippen molar-refractivity contribution in [1.82, 2.24) is 0 Å². The lowest BCUT2D eigenvalue weighted by Gasteiger charge is -2.35. The number of hydrogen-bond acceptors (Lipinski definition) is 3. The number of aryl methyl sites for hydroxylation is 2. The van der Waals surface area contributed by atoms with E-state index in [9.17, 15) is 0 Å². The molecule has 0 bridgehead atoms. The number of para-hydroxylation sites is 2. The van der Waals surface area contributed by atoms with Crippen LogP contribution in [0.2, 0.25) is 0 Å². The van der Waals surface area contributed by atoms with Crippen molar-refractivity contribution in [3.8, 4) is 0 Å². The van der Waals surface area contributed by atoms with Gasteiger partial charge < -0.3 is 9.80 Å². The van der Waals surface area contributed by atoms with Gasteiger partial charge in [0.15, 0.2) is 0 Å². The minimum Gasteiger partial charge on any atom is -0.310 e. The maximum Gasteiger partial charge on any atom is 0.0713 e. The van der Waals surface area contributed by atoms with Gasteiger partial charge in [-0.15, -0.1) is 11.8 Å². The molecule has 63 heavy (non-hydrogen) atoms. The number of fused-ring (bicyclic) bond motifs is 2. The fourth-order valence-corrected chi connectivity index (χ4v) is 9.08. The molecule has 0 unspecified atom stereocenters. The molecule has 0 N–H and O–H groups in total. The lowest BCUT2D eigenvalue weighted by molar-refractivity contribution is 0.761. The summed E-state index contributed by atoms with van der Waals surface area (Å²) in [7, 11) is 0. The van der Waals surface area contributed by atoms with Gasteiger partial charge in [0.2, 0.25) is 0 Å². The Hall–Kier alpha value is -7.07. The zero-order chi connectivity index (χ0) is 43.9. The van der Waals surface area contributed by atoms with Crippen LogP contribution in [0.5, 0.6) is 0 Å². The average molecular weight is 835 g/mol. The van der Waals surface area contributed by atoms with E-state index in [-0.39, 0.29) is 0 Å². The molecule has 0 radical (unpaired) electrons. The van der Waals surface area contributed by atoms with Gasteiger partial charge in [0, 0.05) is 34.1 Å². The SMILES string of the molecule is C/C=C(\C)SC.C=CC1=C(C=C)C(c2ccc(C)cc2)(c2ccc(C)cc2)c2ccc(N(c3cccc(N(c4ccccc4)c4ccccc4)c3)c3ccc4ccccc4c3)cc21. The fraction of sp³-hybridized carbons (Fsp3) is 0.100. The highest BCUT2D eigenvalue weighted by Gasteiger charge is 2.46. The van der Waals surface area contributed by atoms with Gasteiger partial charge in [0.1, 0.15) is 0 Å². The molecule has 0 aromatic heterocycles. The van der Waals surface area contributed by atoms with Crippen LogP contribution in [-0.2, 0) is 5.41 Å². The Kier molecular flexibility index (Phi) is 12.8. The number of rotatable bonds is 11. The number of benzene rings is 8. The summed E-state index contributed by atoms with van der Waals surface area (Å²) in [5, 5.41) is 2.39. The van der Waals surface area contributed by atoms with Crippen molar-refractivity contribution in [2.75, 3.05) is 16.1 Å². The van der Waals surface area contributed by atoms with Crippen LogP contribution in [0.4, 0.5) is 34.1 Å². The van der Waals surface area contributed by atoms with E-state index >= 15 is 0 Å². The Balaban J connectivity index is 0.000000849. The molecule has 0 amide bonds. The van der Waals surface area contributed by atoms with Gasteiger partial charge in [-0.05, 0) is 150 Å². The Bertz CT molecular complexity index is 2860. The van der Waals surface area contributed by atoms with E-state index in [2.05, 4.69) is 250 Å². The van der Waals surface area contributed by atoms with Crippen LogP contribution in [0.1, 0.15) is 47.2 Å². The van der Waals surface area contributed by atoms with Gasteiger partial charge in [0.25, 0.3) is 0 Å². The highest BCUT2D eigenvalue weighted by Crippen LogP contribution is 2.56. The first kappa shape index (κ1) is 42.6. The second-order valence-corrected chi connectivity index (χ2v) is 17.0. The highest BCUT2D eigenvalue weighted by molar-refractivity contribution is 8.02. The first-order chi connectivity index (χ1) is 30.8. The molecule has 310 valence electrons. The molecule has 0 saturated heterocycles. The Labute approximate surface area is 378 Å². The van der Waals surface area contributed by atoms with Gasteiger partial charge in [-0.25, -0.2) is 0 Å². The minimum atomic E-state index is -0.569. The van der Waals surface area contributed by atoms with Crippen molar-refractivity contribution >= 4 is 62.2 Å². The molecule has 2 nitrogen and oxygen atoms in total. The van der Waals surface area contributed by atoms with Crippen LogP contribution in [0.15, 0.2) is 236 Å². The van der Waals surface area contributed by atoms with Gasteiger partial charge in [0.05, 0.1) is 5.41 Å². The molecule has 0 atom stereocenters. The normalized spacial score (nSPS) is 12.9. The third-order valence-electron chi connectivity index (χ3n) is 12.1. The van der Waals surface area contributed by atoms with Crippen LogP contribution in [0, 0.1) is 13.8 Å². The summed E-state index contributed by atoms with van der Waals surface area (Å²) in [4.78, 5) is 6.09. The number of allylic oxidation sites excluding steroid dienone is 6. The van der Waals surface area contributed by atoms with Gasteiger partial charge in [-0.2, -0.15) is 0 Å². The second kappa shape index (κ2) is 18.9. The van der Waals surface area contributed by atoms with E-state index in [4.69, 9.17) is 0 Å². The van der Waals surface area contributed by atoms with E-state index in [0.717, 1.165) is 50.8 Å². The van der Waals surface area contributed by atoms with Crippen molar-refractivity contribution in [2.24, 2.45) is 0 Å². The fourth-order valence-electron chi connectivity index (χ4n) is 8.85. The summed E-state index contributed by atoms with van der Waals surface area (Å²) < 4.78 is 0. The van der Waals surface area contributed by atoms with Crippen molar-refractivity contribution in [2.45, 2.75) is 33.1 Å².